The van der Waals surface area contributed by atoms with Crippen LogP contribution in [0.3, 0.4) is 0 Å². The second-order valence-corrected chi connectivity index (χ2v) is 3.99. The van der Waals surface area contributed by atoms with Crippen molar-refractivity contribution >= 4 is 0 Å². The second-order valence-electron chi connectivity index (χ2n) is 3.99. The van der Waals surface area contributed by atoms with Crippen LogP contribution in [-0.2, 0) is 0 Å². The summed E-state index contributed by atoms with van der Waals surface area (Å²) in [6.07, 6.45) is 0. The maximum atomic E-state index is 3.46. The molecule has 0 aromatic carbocycles. The van der Waals surface area contributed by atoms with E-state index < -0.39 is 0 Å². The minimum absolute atomic E-state index is 0.128. The molecular weight excluding hydrogens is 112 g/mol. The van der Waals surface area contributed by atoms with Crippen LogP contribution in [0.1, 0.15) is 27.7 Å². The predicted molar refractivity (Wildman–Crippen MR) is 39.3 cm³/mol. The Morgan fingerprint density at radius 3 is 1.78 bits per heavy atom. The average molecular weight is 128 g/mol. The lowest BCUT2D eigenvalue weighted by molar-refractivity contribution is 0.357. The molecule has 0 atom stereocenters. The third-order valence-corrected chi connectivity index (χ3v) is 1.62. The van der Waals surface area contributed by atoms with E-state index in [4.69, 9.17) is 0 Å². The summed E-state index contributed by atoms with van der Waals surface area (Å²) in [6, 6.07) is 0. The molecule has 0 aliphatic carbocycles. The average Bonchev–Trinajstić information content (AvgIpc) is 1.78. The minimum atomic E-state index is 0.128. The van der Waals surface area contributed by atoms with Crippen molar-refractivity contribution in [3.63, 3.8) is 0 Å². The largest absolute Gasteiger partial charge is 0.298 e. The third kappa shape index (κ3) is 1.66. The van der Waals surface area contributed by atoms with Crippen LogP contribution in [0.25, 0.3) is 0 Å². The van der Waals surface area contributed by atoms with E-state index in [9.17, 15) is 0 Å². The SMILES string of the molecule is CC1(C)CNC(C)(C)N1. The van der Waals surface area contributed by atoms with Gasteiger partial charge in [0.1, 0.15) is 0 Å². The Labute approximate surface area is 57.0 Å². The van der Waals surface area contributed by atoms with E-state index >= 15 is 0 Å². The lowest BCUT2D eigenvalue weighted by atomic mass is 10.1. The normalized spacial score (nSPS) is 30.7. The van der Waals surface area contributed by atoms with Gasteiger partial charge in [-0.2, -0.15) is 0 Å². The molecule has 1 aliphatic heterocycles. The van der Waals surface area contributed by atoms with E-state index in [-0.39, 0.29) is 11.2 Å². The number of rotatable bonds is 0. The fraction of sp³-hybridized carbons (Fsp3) is 1.00. The van der Waals surface area contributed by atoms with Crippen LogP contribution in [0.15, 0.2) is 0 Å². The maximum Gasteiger partial charge on any atom is 0.0634 e. The van der Waals surface area contributed by atoms with Gasteiger partial charge < -0.3 is 0 Å². The summed E-state index contributed by atoms with van der Waals surface area (Å²) >= 11 is 0. The van der Waals surface area contributed by atoms with Crippen molar-refractivity contribution in [2.75, 3.05) is 6.54 Å². The first-order valence-electron chi connectivity index (χ1n) is 3.46. The molecule has 1 heterocycles. The second kappa shape index (κ2) is 1.70. The number of hydrogen-bond acceptors (Lipinski definition) is 2. The standard InChI is InChI=1S/C7H16N2/c1-6(2)5-8-7(3,4)9-6/h8-9H,5H2,1-4H3. The highest BCUT2D eigenvalue weighted by Gasteiger charge is 2.34. The van der Waals surface area contributed by atoms with Crippen molar-refractivity contribution in [3.05, 3.63) is 0 Å². The lowest BCUT2D eigenvalue weighted by Gasteiger charge is -2.23. The molecule has 0 spiro atoms. The molecule has 0 amide bonds. The zero-order valence-electron chi connectivity index (χ0n) is 6.71. The van der Waals surface area contributed by atoms with Gasteiger partial charge in [-0.25, -0.2) is 0 Å². The summed E-state index contributed by atoms with van der Waals surface area (Å²) in [4.78, 5) is 0. The molecule has 0 aromatic rings. The highest BCUT2D eigenvalue weighted by Crippen LogP contribution is 2.14. The Balaban J connectivity index is 2.58. The van der Waals surface area contributed by atoms with Gasteiger partial charge in [0.15, 0.2) is 0 Å². The highest BCUT2D eigenvalue weighted by atomic mass is 15.3. The Morgan fingerprint density at radius 2 is 1.67 bits per heavy atom. The highest BCUT2D eigenvalue weighted by molar-refractivity contribution is 4.96. The van der Waals surface area contributed by atoms with Gasteiger partial charge in [0.05, 0.1) is 5.66 Å². The van der Waals surface area contributed by atoms with Gasteiger partial charge in [-0.05, 0) is 27.7 Å². The van der Waals surface area contributed by atoms with Crippen molar-refractivity contribution in [1.82, 2.24) is 10.6 Å². The van der Waals surface area contributed by atoms with E-state index in [2.05, 4.69) is 38.3 Å². The molecule has 2 N–H and O–H groups in total. The molecule has 1 fully saturated rings. The Bertz CT molecular complexity index is 102. The smallest absolute Gasteiger partial charge is 0.0634 e. The van der Waals surface area contributed by atoms with Gasteiger partial charge in [0, 0.05) is 12.1 Å². The zero-order valence-corrected chi connectivity index (χ0v) is 6.71. The van der Waals surface area contributed by atoms with Gasteiger partial charge in [0.25, 0.3) is 0 Å². The summed E-state index contributed by atoms with van der Waals surface area (Å²) in [6.45, 7) is 9.77. The fourth-order valence-corrected chi connectivity index (χ4v) is 1.38. The van der Waals surface area contributed by atoms with Crippen LogP contribution in [-0.4, -0.2) is 17.7 Å². The van der Waals surface area contributed by atoms with Crippen LogP contribution < -0.4 is 10.6 Å². The van der Waals surface area contributed by atoms with Crippen LogP contribution in [0.4, 0.5) is 0 Å². The molecule has 0 radical (unpaired) electrons. The summed E-state index contributed by atoms with van der Waals surface area (Å²) in [7, 11) is 0. The summed E-state index contributed by atoms with van der Waals surface area (Å²) < 4.78 is 0. The number of hydrogen-bond donors (Lipinski definition) is 2. The van der Waals surface area contributed by atoms with Gasteiger partial charge >= 0.3 is 0 Å². The molecule has 0 bridgehead atoms. The van der Waals surface area contributed by atoms with Gasteiger partial charge in [0.2, 0.25) is 0 Å². The van der Waals surface area contributed by atoms with Crippen LogP contribution in [0.2, 0.25) is 0 Å². The van der Waals surface area contributed by atoms with Crippen molar-refractivity contribution in [2.24, 2.45) is 0 Å². The molecule has 0 aromatic heterocycles. The molecule has 54 valence electrons. The Kier molecular flexibility index (Phi) is 1.33. The Hall–Kier alpha value is -0.0800. The van der Waals surface area contributed by atoms with Crippen LogP contribution in [0, 0.1) is 0 Å². The fourth-order valence-electron chi connectivity index (χ4n) is 1.38. The van der Waals surface area contributed by atoms with Crippen LogP contribution in [0.5, 0.6) is 0 Å². The lowest BCUT2D eigenvalue weighted by Crippen LogP contribution is -2.46. The molecule has 1 saturated heterocycles. The molecular formula is C7H16N2. The van der Waals surface area contributed by atoms with E-state index in [0.29, 0.717) is 0 Å². The van der Waals surface area contributed by atoms with E-state index in [1.165, 1.54) is 0 Å². The minimum Gasteiger partial charge on any atom is -0.298 e. The van der Waals surface area contributed by atoms with E-state index in [0.717, 1.165) is 6.54 Å². The van der Waals surface area contributed by atoms with Crippen molar-refractivity contribution < 1.29 is 0 Å². The molecule has 2 heteroatoms. The van der Waals surface area contributed by atoms with Crippen molar-refractivity contribution in [2.45, 2.75) is 38.9 Å². The summed E-state index contributed by atoms with van der Waals surface area (Å²) in [5.41, 5.74) is 0.396. The summed E-state index contributed by atoms with van der Waals surface area (Å²) in [5.74, 6) is 0. The predicted octanol–water partition coefficient (Wildman–Crippen LogP) is 0.694. The first-order valence-corrected chi connectivity index (χ1v) is 3.46. The molecule has 1 rings (SSSR count). The zero-order chi connectivity index (χ0) is 7.12. The van der Waals surface area contributed by atoms with E-state index in [1.54, 1.807) is 0 Å². The summed E-state index contributed by atoms with van der Waals surface area (Å²) in [5, 5.41) is 6.83. The molecule has 9 heavy (non-hydrogen) atoms. The monoisotopic (exact) mass is 128 g/mol. The van der Waals surface area contributed by atoms with Crippen LogP contribution >= 0.6 is 0 Å². The van der Waals surface area contributed by atoms with Crippen molar-refractivity contribution in [3.8, 4) is 0 Å². The molecule has 2 nitrogen and oxygen atoms in total. The number of nitrogens with one attached hydrogen (secondary N) is 2. The first-order chi connectivity index (χ1) is 3.91. The molecule has 1 aliphatic rings. The third-order valence-electron chi connectivity index (χ3n) is 1.62. The van der Waals surface area contributed by atoms with Gasteiger partial charge in [-0.15, -0.1) is 0 Å². The van der Waals surface area contributed by atoms with E-state index in [1.807, 2.05) is 0 Å². The van der Waals surface area contributed by atoms with Gasteiger partial charge in [-0.1, -0.05) is 0 Å². The first kappa shape index (κ1) is 7.03. The van der Waals surface area contributed by atoms with Gasteiger partial charge in [-0.3, -0.25) is 10.6 Å². The topological polar surface area (TPSA) is 24.1 Å². The molecule has 0 saturated carbocycles. The molecule has 0 unspecified atom stereocenters. The maximum absolute atomic E-state index is 3.46. The Morgan fingerprint density at radius 1 is 1.11 bits per heavy atom. The quantitative estimate of drug-likeness (QED) is 0.501. The van der Waals surface area contributed by atoms with Crippen molar-refractivity contribution in [1.29, 1.82) is 0 Å².